The fraction of sp³-hybridized carbons (Fsp3) is 0.474. The molecule has 1 aromatic rings. The summed E-state index contributed by atoms with van der Waals surface area (Å²) in [5.41, 5.74) is 0.881. The molecule has 2 unspecified atom stereocenters. The summed E-state index contributed by atoms with van der Waals surface area (Å²) in [6, 6.07) is 6.95. The molecule has 6 nitrogen and oxygen atoms in total. The lowest BCUT2D eigenvalue weighted by atomic mass is 9.89. The smallest absolute Gasteiger partial charge is 0.425 e. The van der Waals surface area contributed by atoms with Gasteiger partial charge in [-0.2, -0.15) is 8.78 Å². The topological polar surface area (TPSA) is 71.1 Å². The minimum Gasteiger partial charge on any atom is -0.451 e. The van der Waals surface area contributed by atoms with Crippen LogP contribution in [0.2, 0.25) is 0 Å². The van der Waals surface area contributed by atoms with E-state index in [0.29, 0.717) is 12.2 Å². The molecular weight excluding hydrogens is 362 g/mol. The lowest BCUT2D eigenvalue weighted by molar-refractivity contribution is -0.224. The number of esters is 2. The van der Waals surface area contributed by atoms with E-state index >= 15 is 0 Å². The highest BCUT2D eigenvalue weighted by atomic mass is 19.3. The maximum atomic E-state index is 14.6. The molecule has 8 heteroatoms. The van der Waals surface area contributed by atoms with Gasteiger partial charge in [-0.05, 0) is 31.1 Å². The van der Waals surface area contributed by atoms with Gasteiger partial charge in [0.2, 0.25) is 0 Å². The van der Waals surface area contributed by atoms with Crippen LogP contribution >= 0.6 is 0 Å². The molecule has 0 fully saturated rings. The summed E-state index contributed by atoms with van der Waals surface area (Å²) >= 11 is 0. The van der Waals surface area contributed by atoms with Crippen molar-refractivity contribution in [2.45, 2.75) is 45.5 Å². The van der Waals surface area contributed by atoms with Crippen LogP contribution in [-0.4, -0.2) is 37.6 Å². The molecule has 0 bridgehead atoms. The molecule has 0 saturated heterocycles. The molecule has 2 rings (SSSR count). The lowest BCUT2D eigenvalue weighted by Crippen LogP contribution is -2.35. The van der Waals surface area contributed by atoms with Crippen molar-refractivity contribution >= 4 is 18.0 Å². The van der Waals surface area contributed by atoms with Crippen molar-refractivity contribution in [3.05, 3.63) is 41.0 Å². The van der Waals surface area contributed by atoms with Gasteiger partial charge in [0, 0.05) is 25.5 Å². The molecule has 1 aromatic carbocycles. The van der Waals surface area contributed by atoms with Crippen molar-refractivity contribution < 1.29 is 37.3 Å². The van der Waals surface area contributed by atoms with Gasteiger partial charge in [0.25, 0.3) is 0 Å². The van der Waals surface area contributed by atoms with Gasteiger partial charge in [0.1, 0.15) is 6.79 Å². The summed E-state index contributed by atoms with van der Waals surface area (Å²) in [6.07, 6.45) is -4.86. The first-order valence-corrected chi connectivity index (χ1v) is 8.51. The summed E-state index contributed by atoms with van der Waals surface area (Å²) in [5.74, 6) is -2.10. The predicted octanol–water partition coefficient (Wildman–Crippen LogP) is 3.61. The Morgan fingerprint density at radius 2 is 2.00 bits per heavy atom. The van der Waals surface area contributed by atoms with E-state index in [2.05, 4.69) is 9.47 Å². The van der Waals surface area contributed by atoms with Crippen molar-refractivity contribution in [1.29, 1.82) is 0 Å². The van der Waals surface area contributed by atoms with Crippen molar-refractivity contribution in [2.24, 2.45) is 0 Å². The third-order valence-corrected chi connectivity index (χ3v) is 3.91. The summed E-state index contributed by atoms with van der Waals surface area (Å²) in [7, 11) is 0. The van der Waals surface area contributed by atoms with Crippen LogP contribution in [0.25, 0.3) is 6.08 Å². The molecule has 0 heterocycles. The second kappa shape index (κ2) is 9.05. The number of carbonyl (C=O) groups excluding carboxylic acids is 2. The Kier molecular flexibility index (Phi) is 7.04. The summed E-state index contributed by atoms with van der Waals surface area (Å²) in [6.45, 7) is 4.42. The zero-order chi connectivity index (χ0) is 20.0. The van der Waals surface area contributed by atoms with E-state index in [-0.39, 0.29) is 13.2 Å². The van der Waals surface area contributed by atoms with Crippen LogP contribution in [0.4, 0.5) is 8.78 Å². The first kappa shape index (κ1) is 21.0. The molecule has 27 heavy (non-hydrogen) atoms. The second-order valence-electron chi connectivity index (χ2n) is 5.96. The third kappa shape index (κ3) is 5.58. The molecule has 1 aliphatic carbocycles. The average Bonchev–Trinajstić information content (AvgIpc) is 2.60. The van der Waals surface area contributed by atoms with Crippen LogP contribution in [0.1, 0.15) is 44.4 Å². The van der Waals surface area contributed by atoms with E-state index in [1.54, 1.807) is 31.2 Å². The molecule has 0 aliphatic heterocycles. The van der Waals surface area contributed by atoms with Crippen LogP contribution in [0.3, 0.4) is 0 Å². The number of alkyl halides is 2. The molecular formula is C19H22F2O6. The highest BCUT2D eigenvalue weighted by Crippen LogP contribution is 2.41. The van der Waals surface area contributed by atoms with E-state index in [1.165, 1.54) is 13.0 Å². The highest BCUT2D eigenvalue weighted by molar-refractivity contribution is 5.78. The van der Waals surface area contributed by atoms with Crippen LogP contribution in [0.5, 0.6) is 0 Å². The number of ether oxygens (including phenoxy) is 4. The molecule has 148 valence electrons. The highest BCUT2D eigenvalue weighted by Gasteiger charge is 2.43. The molecule has 0 radical (unpaired) electrons. The van der Waals surface area contributed by atoms with Crippen LogP contribution < -0.4 is 0 Å². The molecule has 0 saturated carbocycles. The summed E-state index contributed by atoms with van der Waals surface area (Å²) in [4.78, 5) is 22.7. The molecule has 0 amide bonds. The monoisotopic (exact) mass is 384 g/mol. The summed E-state index contributed by atoms with van der Waals surface area (Å²) in [5, 5.41) is 0. The molecule has 2 atom stereocenters. The van der Waals surface area contributed by atoms with E-state index in [1.807, 2.05) is 0 Å². The number of carbonyl (C=O) groups is 2. The van der Waals surface area contributed by atoms with Gasteiger partial charge in [0.15, 0.2) is 6.10 Å². The lowest BCUT2D eigenvalue weighted by Gasteiger charge is -2.29. The van der Waals surface area contributed by atoms with Crippen molar-refractivity contribution in [3.63, 3.8) is 0 Å². The zero-order valence-electron chi connectivity index (χ0n) is 15.4. The SMILES string of the molecule is CCOCOC1CC(C(F)(F)OC(=O)C(C)OC(C)=O)=Cc2ccccc21. The molecule has 1 aliphatic rings. The minimum atomic E-state index is -3.87. The zero-order valence-corrected chi connectivity index (χ0v) is 15.4. The predicted molar refractivity (Wildman–Crippen MR) is 91.6 cm³/mol. The van der Waals surface area contributed by atoms with E-state index in [9.17, 15) is 18.4 Å². The first-order valence-electron chi connectivity index (χ1n) is 8.51. The second-order valence-corrected chi connectivity index (χ2v) is 5.96. The quantitative estimate of drug-likeness (QED) is 0.387. The van der Waals surface area contributed by atoms with Gasteiger partial charge < -0.3 is 18.9 Å². The largest absolute Gasteiger partial charge is 0.451 e. The third-order valence-electron chi connectivity index (χ3n) is 3.91. The van der Waals surface area contributed by atoms with Crippen LogP contribution in [0, 0.1) is 0 Å². The fourth-order valence-corrected chi connectivity index (χ4v) is 2.63. The Bertz CT molecular complexity index is 716. The maximum Gasteiger partial charge on any atom is 0.425 e. The molecule has 0 N–H and O–H groups in total. The Morgan fingerprint density at radius 3 is 2.67 bits per heavy atom. The van der Waals surface area contributed by atoms with E-state index < -0.39 is 35.8 Å². The van der Waals surface area contributed by atoms with E-state index in [4.69, 9.17) is 9.47 Å². The number of hydrogen-bond acceptors (Lipinski definition) is 6. The number of fused-ring (bicyclic) bond motifs is 1. The minimum absolute atomic E-state index is 0.0440. The van der Waals surface area contributed by atoms with Crippen molar-refractivity contribution in [2.75, 3.05) is 13.4 Å². The van der Waals surface area contributed by atoms with Crippen LogP contribution in [0.15, 0.2) is 29.8 Å². The van der Waals surface area contributed by atoms with Gasteiger partial charge in [-0.25, -0.2) is 4.79 Å². The van der Waals surface area contributed by atoms with Crippen molar-refractivity contribution in [1.82, 2.24) is 0 Å². The number of halogens is 2. The Morgan fingerprint density at radius 1 is 1.30 bits per heavy atom. The summed E-state index contributed by atoms with van der Waals surface area (Å²) < 4.78 is 48.8. The van der Waals surface area contributed by atoms with E-state index in [0.717, 1.165) is 12.5 Å². The van der Waals surface area contributed by atoms with Gasteiger partial charge in [-0.1, -0.05) is 24.3 Å². The molecule has 0 aromatic heterocycles. The Hall–Kier alpha value is -2.32. The standard InChI is InChI=1S/C19H22F2O6/c1-4-24-11-25-17-10-15(9-14-7-5-6-8-16(14)17)19(20,21)27-18(23)12(2)26-13(3)22/h5-9,12,17H,4,10-11H2,1-3H3. The van der Waals surface area contributed by atoms with Crippen molar-refractivity contribution in [3.8, 4) is 0 Å². The average molecular weight is 384 g/mol. The van der Waals surface area contributed by atoms with Gasteiger partial charge in [0.05, 0.1) is 6.10 Å². The maximum absolute atomic E-state index is 14.6. The van der Waals surface area contributed by atoms with Crippen LogP contribution in [-0.2, 0) is 28.5 Å². The number of hydrogen-bond donors (Lipinski definition) is 0. The van der Waals surface area contributed by atoms with Gasteiger partial charge >= 0.3 is 18.0 Å². The Balaban J connectivity index is 2.19. The number of benzene rings is 1. The fourth-order valence-electron chi connectivity index (χ4n) is 2.63. The molecule has 0 spiro atoms. The first-order chi connectivity index (χ1) is 12.7. The number of rotatable bonds is 8. The Labute approximate surface area is 156 Å². The normalized spacial score (nSPS) is 17.5. The van der Waals surface area contributed by atoms with Gasteiger partial charge in [-0.3, -0.25) is 4.79 Å². The van der Waals surface area contributed by atoms with Gasteiger partial charge in [-0.15, -0.1) is 0 Å².